The van der Waals surface area contributed by atoms with Gasteiger partial charge in [-0.3, -0.25) is 9.20 Å². The minimum atomic E-state index is -4.51. The Morgan fingerprint density at radius 2 is 2.00 bits per heavy atom. The molecule has 11 heteroatoms. The van der Waals surface area contributed by atoms with Crippen LogP contribution in [0.3, 0.4) is 0 Å². The molecule has 180 valence electrons. The normalized spacial score (nSPS) is 19.6. The SMILES string of the molecule is Cc1ncc2c(N)nc3cc(F)c(C(=O)N4CCCC5Oc6cc(C(F)(F)F)ccc6[C@@H]54)cc3n12. The highest BCUT2D eigenvalue weighted by Gasteiger charge is 2.44. The summed E-state index contributed by atoms with van der Waals surface area (Å²) in [5, 5.41) is 0. The molecule has 0 aliphatic carbocycles. The minimum Gasteiger partial charge on any atom is -0.488 e. The Kier molecular flexibility index (Phi) is 4.51. The second-order valence-electron chi connectivity index (χ2n) is 8.84. The van der Waals surface area contributed by atoms with Crippen molar-refractivity contribution in [3.05, 3.63) is 64.9 Å². The molecule has 1 fully saturated rings. The number of anilines is 1. The van der Waals surface area contributed by atoms with E-state index < -0.39 is 35.6 Å². The molecule has 4 heterocycles. The number of rotatable bonds is 1. The number of piperidine rings is 1. The van der Waals surface area contributed by atoms with Crippen molar-refractivity contribution in [1.29, 1.82) is 0 Å². The number of amides is 1. The zero-order chi connectivity index (χ0) is 24.6. The Labute approximate surface area is 196 Å². The number of hydrogen-bond acceptors (Lipinski definition) is 5. The fraction of sp³-hybridized carbons (Fsp3) is 0.292. The van der Waals surface area contributed by atoms with Crippen molar-refractivity contribution in [3.8, 4) is 5.75 Å². The van der Waals surface area contributed by atoms with Crippen LogP contribution < -0.4 is 10.5 Å². The summed E-state index contributed by atoms with van der Waals surface area (Å²) in [7, 11) is 0. The van der Waals surface area contributed by atoms with E-state index in [1.54, 1.807) is 17.5 Å². The third kappa shape index (κ3) is 3.21. The maximum atomic E-state index is 15.2. The molecule has 1 amide bonds. The fourth-order valence-corrected chi connectivity index (χ4v) is 5.15. The van der Waals surface area contributed by atoms with E-state index in [0.29, 0.717) is 41.8 Å². The van der Waals surface area contributed by atoms with Crippen molar-refractivity contribution in [2.75, 3.05) is 12.3 Å². The number of likely N-dealkylation sites (tertiary alicyclic amines) is 1. The molecule has 2 aliphatic rings. The standard InChI is InChI=1S/C24H19F4N5O2/c1-11-30-10-18-22(29)31-16-9-15(25)14(8-17(16)33(11)18)23(34)32-6-2-3-19-21(32)13-5-4-12(24(26,27)28)7-20(13)35-19/h4-5,7-10,19,21H,2-3,6H2,1H3,(H2,29,31)/t19?,21-/m0/s1. The van der Waals surface area contributed by atoms with Crippen LogP contribution in [0, 0.1) is 12.7 Å². The van der Waals surface area contributed by atoms with E-state index in [2.05, 4.69) is 9.97 Å². The van der Waals surface area contributed by atoms with Crippen molar-refractivity contribution < 1.29 is 27.1 Å². The third-order valence-corrected chi connectivity index (χ3v) is 6.75. The number of nitrogens with zero attached hydrogens (tertiary/aromatic N) is 4. The summed E-state index contributed by atoms with van der Waals surface area (Å²) in [6, 6.07) is 5.26. The van der Waals surface area contributed by atoms with Crippen LogP contribution in [0.25, 0.3) is 16.6 Å². The van der Waals surface area contributed by atoms with Crippen molar-refractivity contribution in [3.63, 3.8) is 0 Å². The zero-order valence-corrected chi connectivity index (χ0v) is 18.4. The Morgan fingerprint density at radius 3 is 2.77 bits per heavy atom. The predicted octanol–water partition coefficient (Wildman–Crippen LogP) is 4.67. The van der Waals surface area contributed by atoms with E-state index in [0.717, 1.165) is 18.2 Å². The molecule has 1 saturated heterocycles. The number of imidazole rings is 1. The molecule has 2 aromatic carbocycles. The maximum absolute atomic E-state index is 15.2. The highest BCUT2D eigenvalue weighted by atomic mass is 19.4. The van der Waals surface area contributed by atoms with Crippen LogP contribution in [0.2, 0.25) is 0 Å². The molecule has 1 unspecified atom stereocenters. The Balaban J connectivity index is 1.44. The lowest BCUT2D eigenvalue weighted by molar-refractivity contribution is -0.137. The molecule has 0 saturated carbocycles. The van der Waals surface area contributed by atoms with E-state index in [9.17, 15) is 18.0 Å². The smallest absolute Gasteiger partial charge is 0.416 e. The number of hydrogen-bond donors (Lipinski definition) is 1. The molecule has 0 bridgehead atoms. The van der Waals surface area contributed by atoms with E-state index in [-0.39, 0.29) is 22.6 Å². The van der Waals surface area contributed by atoms with Gasteiger partial charge in [-0.15, -0.1) is 0 Å². The van der Waals surface area contributed by atoms with Crippen LogP contribution in [0.15, 0.2) is 36.5 Å². The molecule has 6 rings (SSSR count). The number of carbonyl (C=O) groups is 1. The average Bonchev–Trinajstić information content (AvgIpc) is 3.38. The lowest BCUT2D eigenvalue weighted by atomic mass is 9.93. The molecule has 0 radical (unpaired) electrons. The summed E-state index contributed by atoms with van der Waals surface area (Å²) < 4.78 is 62.3. The average molecular weight is 485 g/mol. The number of aryl methyl sites for hydroxylation is 1. The van der Waals surface area contributed by atoms with Gasteiger partial charge in [0, 0.05) is 18.2 Å². The molecule has 35 heavy (non-hydrogen) atoms. The van der Waals surface area contributed by atoms with Crippen molar-refractivity contribution in [2.45, 2.75) is 38.1 Å². The van der Waals surface area contributed by atoms with Gasteiger partial charge >= 0.3 is 6.18 Å². The lowest BCUT2D eigenvalue weighted by Gasteiger charge is -2.36. The molecule has 2 N–H and O–H groups in total. The molecule has 2 aromatic heterocycles. The van der Waals surface area contributed by atoms with Crippen molar-refractivity contribution >= 4 is 28.3 Å². The Bertz CT molecular complexity index is 1530. The first-order valence-corrected chi connectivity index (χ1v) is 11.0. The van der Waals surface area contributed by atoms with Crippen molar-refractivity contribution in [2.24, 2.45) is 0 Å². The summed E-state index contributed by atoms with van der Waals surface area (Å²) in [5.74, 6) is -0.448. The van der Waals surface area contributed by atoms with E-state index in [1.807, 2.05) is 0 Å². The molecule has 2 aliphatic heterocycles. The van der Waals surface area contributed by atoms with E-state index >= 15 is 4.39 Å². The quantitative estimate of drug-likeness (QED) is 0.396. The number of halogens is 4. The molecular weight excluding hydrogens is 466 g/mol. The first kappa shape index (κ1) is 21.6. The molecule has 2 atom stereocenters. The van der Waals surface area contributed by atoms with Crippen LogP contribution in [-0.2, 0) is 6.18 Å². The Hall–Kier alpha value is -3.89. The lowest BCUT2D eigenvalue weighted by Crippen LogP contribution is -2.44. The third-order valence-electron chi connectivity index (χ3n) is 6.75. The molecule has 0 spiro atoms. The number of fused-ring (bicyclic) bond motifs is 6. The number of nitrogens with two attached hydrogens (primary N) is 1. The number of benzene rings is 2. The van der Waals surface area contributed by atoms with Gasteiger partial charge in [-0.25, -0.2) is 14.4 Å². The summed E-state index contributed by atoms with van der Waals surface area (Å²) in [6.45, 7) is 2.08. The van der Waals surface area contributed by atoms with Gasteiger partial charge in [0.1, 0.15) is 34.8 Å². The number of aromatic nitrogens is 3. The molecule has 7 nitrogen and oxygen atoms in total. The first-order valence-electron chi connectivity index (χ1n) is 11.0. The van der Waals surface area contributed by atoms with E-state index in [4.69, 9.17) is 10.5 Å². The van der Waals surface area contributed by atoms with Crippen LogP contribution >= 0.6 is 0 Å². The maximum Gasteiger partial charge on any atom is 0.416 e. The fourth-order valence-electron chi connectivity index (χ4n) is 5.15. The first-order chi connectivity index (χ1) is 16.6. The largest absolute Gasteiger partial charge is 0.488 e. The second-order valence-corrected chi connectivity index (χ2v) is 8.84. The van der Waals surface area contributed by atoms with Crippen LogP contribution in [0.1, 0.15) is 46.2 Å². The van der Waals surface area contributed by atoms with Gasteiger partial charge in [-0.2, -0.15) is 13.2 Å². The summed E-state index contributed by atoms with van der Waals surface area (Å²) in [4.78, 5) is 23.6. The van der Waals surface area contributed by atoms with Gasteiger partial charge in [-0.1, -0.05) is 6.07 Å². The van der Waals surface area contributed by atoms with Crippen molar-refractivity contribution in [1.82, 2.24) is 19.3 Å². The highest BCUT2D eigenvalue weighted by Crippen LogP contribution is 2.47. The minimum absolute atomic E-state index is 0.101. The van der Waals surface area contributed by atoms with Crippen LogP contribution in [0.4, 0.5) is 23.4 Å². The number of nitrogen functional groups attached to an aromatic ring is 1. The van der Waals surface area contributed by atoms with Gasteiger partial charge in [0.15, 0.2) is 0 Å². The summed E-state index contributed by atoms with van der Waals surface area (Å²) >= 11 is 0. The summed E-state index contributed by atoms with van der Waals surface area (Å²) in [6.07, 6.45) is -2.31. The molecular formula is C24H19F4N5O2. The van der Waals surface area contributed by atoms with Gasteiger partial charge in [-0.05, 0) is 38.0 Å². The van der Waals surface area contributed by atoms with Gasteiger partial charge < -0.3 is 15.4 Å². The highest BCUT2D eigenvalue weighted by molar-refractivity contribution is 5.99. The topological polar surface area (TPSA) is 85.8 Å². The van der Waals surface area contributed by atoms with Gasteiger partial charge in [0.25, 0.3) is 5.91 Å². The molecule has 4 aromatic rings. The predicted molar refractivity (Wildman–Crippen MR) is 118 cm³/mol. The van der Waals surface area contributed by atoms with Gasteiger partial charge in [0.2, 0.25) is 0 Å². The van der Waals surface area contributed by atoms with Crippen LogP contribution in [-0.4, -0.2) is 37.8 Å². The van der Waals surface area contributed by atoms with Crippen LogP contribution in [0.5, 0.6) is 5.75 Å². The summed E-state index contributed by atoms with van der Waals surface area (Å²) in [5.41, 5.74) is 6.77. The second kappa shape index (κ2) is 7.30. The number of alkyl halides is 3. The van der Waals surface area contributed by atoms with Gasteiger partial charge in [0.05, 0.1) is 34.4 Å². The number of carbonyl (C=O) groups excluding carboxylic acids is 1. The van der Waals surface area contributed by atoms with E-state index in [1.165, 1.54) is 17.0 Å². The monoisotopic (exact) mass is 485 g/mol. The number of ether oxygens (including phenoxy) is 1. The zero-order valence-electron chi connectivity index (χ0n) is 18.4. The Morgan fingerprint density at radius 1 is 1.20 bits per heavy atom.